The molecule has 1 aromatic heterocycles. The zero-order valence-corrected chi connectivity index (χ0v) is 12.0. The number of rotatable bonds is 5. The first kappa shape index (κ1) is 13.6. The average Bonchev–Trinajstić information content (AvgIpc) is 2.73. The van der Waals surface area contributed by atoms with Gasteiger partial charge in [-0.05, 0) is 46.4 Å². The van der Waals surface area contributed by atoms with Crippen LogP contribution in [0, 0.1) is 0 Å². The van der Waals surface area contributed by atoms with E-state index in [1.807, 2.05) is 17.9 Å². The highest BCUT2D eigenvalue weighted by molar-refractivity contribution is 5.04. The van der Waals surface area contributed by atoms with Gasteiger partial charge in [0.1, 0.15) is 0 Å². The monoisotopic (exact) mass is 250 g/mol. The quantitative estimate of drug-likeness (QED) is 0.795. The Labute approximate surface area is 111 Å². The summed E-state index contributed by atoms with van der Waals surface area (Å²) < 4.78 is 1.90. The van der Waals surface area contributed by atoms with Crippen molar-refractivity contribution in [2.75, 3.05) is 27.2 Å². The Kier molecular flexibility index (Phi) is 4.78. The lowest BCUT2D eigenvalue weighted by Crippen LogP contribution is -2.40. The molecule has 1 fully saturated rings. The zero-order valence-electron chi connectivity index (χ0n) is 12.0. The van der Waals surface area contributed by atoms with Crippen molar-refractivity contribution in [1.29, 1.82) is 0 Å². The molecule has 4 heteroatoms. The molecule has 4 nitrogen and oxygen atoms in total. The molecule has 2 heterocycles. The lowest BCUT2D eigenvalue weighted by atomic mass is 9.98. The van der Waals surface area contributed by atoms with Crippen LogP contribution in [0.3, 0.4) is 0 Å². The molecule has 0 unspecified atom stereocenters. The average molecular weight is 250 g/mol. The van der Waals surface area contributed by atoms with Gasteiger partial charge >= 0.3 is 0 Å². The fourth-order valence-corrected chi connectivity index (χ4v) is 2.79. The van der Waals surface area contributed by atoms with Gasteiger partial charge < -0.3 is 4.90 Å². The molecule has 1 aromatic rings. The van der Waals surface area contributed by atoms with E-state index >= 15 is 0 Å². The van der Waals surface area contributed by atoms with E-state index < -0.39 is 0 Å². The van der Waals surface area contributed by atoms with Crippen molar-refractivity contribution < 1.29 is 0 Å². The Morgan fingerprint density at radius 3 is 2.89 bits per heavy atom. The second-order valence-corrected chi connectivity index (χ2v) is 5.73. The molecule has 0 amide bonds. The first-order chi connectivity index (χ1) is 8.65. The standard InChI is InChI=1S/C14H26N4/c1-16(2)9-7-14-6-4-5-8-18(14)12-13-10-15-17(3)11-13/h10-11,14H,4-9,12H2,1-3H3/t14-/m0/s1. The predicted molar refractivity (Wildman–Crippen MR) is 74.4 cm³/mol. The molecule has 1 aliphatic rings. The summed E-state index contributed by atoms with van der Waals surface area (Å²) >= 11 is 0. The van der Waals surface area contributed by atoms with Gasteiger partial charge in [-0.15, -0.1) is 0 Å². The first-order valence-electron chi connectivity index (χ1n) is 7.01. The normalized spacial score (nSPS) is 21.7. The maximum Gasteiger partial charge on any atom is 0.0534 e. The van der Waals surface area contributed by atoms with Crippen molar-refractivity contribution in [1.82, 2.24) is 19.6 Å². The Morgan fingerprint density at radius 1 is 1.39 bits per heavy atom. The zero-order chi connectivity index (χ0) is 13.0. The summed E-state index contributed by atoms with van der Waals surface area (Å²) in [7, 11) is 6.31. The van der Waals surface area contributed by atoms with Gasteiger partial charge in [0.05, 0.1) is 6.20 Å². The van der Waals surface area contributed by atoms with Crippen LogP contribution in [-0.2, 0) is 13.6 Å². The first-order valence-corrected chi connectivity index (χ1v) is 7.01. The van der Waals surface area contributed by atoms with Crippen molar-refractivity contribution >= 4 is 0 Å². The van der Waals surface area contributed by atoms with Crippen LogP contribution in [0.4, 0.5) is 0 Å². The Balaban J connectivity index is 1.90. The van der Waals surface area contributed by atoms with Crippen LogP contribution in [0.2, 0.25) is 0 Å². The molecule has 2 rings (SSSR count). The molecule has 0 radical (unpaired) electrons. The third kappa shape index (κ3) is 3.82. The molecule has 0 spiro atoms. The summed E-state index contributed by atoms with van der Waals surface area (Å²) in [6, 6.07) is 0.751. The van der Waals surface area contributed by atoms with Crippen molar-refractivity contribution in [3.05, 3.63) is 18.0 Å². The molecule has 0 N–H and O–H groups in total. The van der Waals surface area contributed by atoms with E-state index in [2.05, 4.69) is 35.2 Å². The van der Waals surface area contributed by atoms with Crippen LogP contribution in [0.15, 0.2) is 12.4 Å². The number of nitrogens with zero attached hydrogens (tertiary/aromatic N) is 4. The minimum Gasteiger partial charge on any atom is -0.309 e. The number of hydrogen-bond donors (Lipinski definition) is 0. The molecule has 1 aliphatic heterocycles. The summed E-state index contributed by atoms with van der Waals surface area (Å²) in [6.07, 6.45) is 9.51. The van der Waals surface area contributed by atoms with Crippen LogP contribution in [0.5, 0.6) is 0 Å². The maximum absolute atomic E-state index is 4.26. The molecule has 0 aromatic carbocycles. The number of likely N-dealkylation sites (tertiary alicyclic amines) is 1. The molecule has 1 saturated heterocycles. The van der Waals surface area contributed by atoms with E-state index in [1.54, 1.807) is 0 Å². The summed E-state index contributed by atoms with van der Waals surface area (Å²) in [5.74, 6) is 0. The van der Waals surface area contributed by atoms with Crippen LogP contribution < -0.4 is 0 Å². The molecule has 1 atom stereocenters. The van der Waals surface area contributed by atoms with E-state index in [-0.39, 0.29) is 0 Å². The summed E-state index contributed by atoms with van der Waals surface area (Å²) in [5, 5.41) is 4.26. The van der Waals surface area contributed by atoms with Gasteiger partial charge in [0.2, 0.25) is 0 Å². The van der Waals surface area contributed by atoms with Crippen molar-refractivity contribution in [2.24, 2.45) is 7.05 Å². The van der Waals surface area contributed by atoms with Crippen molar-refractivity contribution in [3.8, 4) is 0 Å². The van der Waals surface area contributed by atoms with Gasteiger partial charge in [-0.25, -0.2) is 0 Å². The predicted octanol–water partition coefficient (Wildman–Crippen LogP) is 1.73. The van der Waals surface area contributed by atoms with Crippen LogP contribution >= 0.6 is 0 Å². The van der Waals surface area contributed by atoms with E-state index in [0.717, 1.165) is 12.6 Å². The van der Waals surface area contributed by atoms with E-state index in [4.69, 9.17) is 0 Å². The summed E-state index contributed by atoms with van der Waals surface area (Å²) in [4.78, 5) is 4.93. The van der Waals surface area contributed by atoms with Gasteiger partial charge in [-0.1, -0.05) is 6.42 Å². The highest BCUT2D eigenvalue weighted by Gasteiger charge is 2.22. The topological polar surface area (TPSA) is 24.3 Å². The van der Waals surface area contributed by atoms with Gasteiger partial charge in [0.25, 0.3) is 0 Å². The molecule has 102 valence electrons. The highest BCUT2D eigenvalue weighted by Crippen LogP contribution is 2.21. The van der Waals surface area contributed by atoms with Crippen LogP contribution in [0.25, 0.3) is 0 Å². The molecule has 0 saturated carbocycles. The van der Waals surface area contributed by atoms with Crippen molar-refractivity contribution in [2.45, 2.75) is 38.3 Å². The number of aromatic nitrogens is 2. The minimum atomic E-state index is 0.751. The Hall–Kier alpha value is -0.870. The molecular weight excluding hydrogens is 224 g/mol. The third-order valence-corrected chi connectivity index (χ3v) is 3.80. The Bertz CT molecular complexity index is 358. The van der Waals surface area contributed by atoms with Crippen molar-refractivity contribution in [3.63, 3.8) is 0 Å². The smallest absolute Gasteiger partial charge is 0.0534 e. The van der Waals surface area contributed by atoms with E-state index in [9.17, 15) is 0 Å². The summed E-state index contributed by atoms with van der Waals surface area (Å²) in [5.41, 5.74) is 1.34. The number of piperidine rings is 1. The van der Waals surface area contributed by atoms with Crippen LogP contribution in [0.1, 0.15) is 31.2 Å². The van der Waals surface area contributed by atoms with Gasteiger partial charge in [-0.3, -0.25) is 9.58 Å². The Morgan fingerprint density at radius 2 is 2.22 bits per heavy atom. The molecule has 0 aliphatic carbocycles. The molecule has 0 bridgehead atoms. The molecule has 18 heavy (non-hydrogen) atoms. The number of hydrogen-bond acceptors (Lipinski definition) is 3. The lowest BCUT2D eigenvalue weighted by Gasteiger charge is -2.36. The van der Waals surface area contributed by atoms with Gasteiger partial charge in [-0.2, -0.15) is 5.10 Å². The van der Waals surface area contributed by atoms with E-state index in [0.29, 0.717) is 0 Å². The fourth-order valence-electron chi connectivity index (χ4n) is 2.79. The molecular formula is C14H26N4. The van der Waals surface area contributed by atoms with Gasteiger partial charge in [0, 0.05) is 31.4 Å². The van der Waals surface area contributed by atoms with Crippen LogP contribution in [-0.4, -0.2) is 52.8 Å². The largest absolute Gasteiger partial charge is 0.309 e. The lowest BCUT2D eigenvalue weighted by molar-refractivity contribution is 0.124. The highest BCUT2D eigenvalue weighted by atomic mass is 15.2. The number of aryl methyl sites for hydroxylation is 1. The SMILES string of the molecule is CN(C)CC[C@@H]1CCCCN1Cc1cnn(C)c1. The summed E-state index contributed by atoms with van der Waals surface area (Å²) in [6.45, 7) is 3.49. The van der Waals surface area contributed by atoms with E-state index in [1.165, 1.54) is 44.3 Å². The van der Waals surface area contributed by atoms with Gasteiger partial charge in [0.15, 0.2) is 0 Å². The second-order valence-electron chi connectivity index (χ2n) is 5.73. The minimum absolute atomic E-state index is 0.751. The third-order valence-electron chi connectivity index (χ3n) is 3.80. The fraction of sp³-hybridized carbons (Fsp3) is 0.786. The second kappa shape index (κ2) is 6.34. The maximum atomic E-state index is 4.26.